The van der Waals surface area contributed by atoms with E-state index >= 15 is 0 Å². The number of methoxy groups -OCH3 is 1. The van der Waals surface area contributed by atoms with Crippen molar-refractivity contribution in [3.8, 4) is 5.75 Å². The molecule has 0 aliphatic carbocycles. The van der Waals surface area contributed by atoms with Crippen LogP contribution in [0.4, 0.5) is 14.5 Å². The van der Waals surface area contributed by atoms with Gasteiger partial charge in [0.1, 0.15) is 5.75 Å². The molecular formula is C20H20F2N2O3. The van der Waals surface area contributed by atoms with Gasteiger partial charge in [0, 0.05) is 32.2 Å². The van der Waals surface area contributed by atoms with Gasteiger partial charge in [-0.05, 0) is 42.0 Å². The molecule has 5 nitrogen and oxygen atoms in total. The lowest BCUT2D eigenvalue weighted by Crippen LogP contribution is -2.34. The van der Waals surface area contributed by atoms with E-state index in [4.69, 9.17) is 4.74 Å². The predicted octanol–water partition coefficient (Wildman–Crippen LogP) is 2.98. The van der Waals surface area contributed by atoms with Gasteiger partial charge in [-0.25, -0.2) is 8.78 Å². The lowest BCUT2D eigenvalue weighted by molar-refractivity contribution is -0.135. The summed E-state index contributed by atoms with van der Waals surface area (Å²) in [6, 6.07) is 10.6. The first-order chi connectivity index (χ1) is 12.9. The monoisotopic (exact) mass is 374 g/mol. The van der Waals surface area contributed by atoms with Crippen LogP contribution in [-0.2, 0) is 16.1 Å². The second-order valence-corrected chi connectivity index (χ2v) is 6.55. The van der Waals surface area contributed by atoms with Crippen molar-refractivity contribution >= 4 is 17.5 Å². The Hall–Kier alpha value is -2.96. The highest BCUT2D eigenvalue weighted by atomic mass is 19.2. The van der Waals surface area contributed by atoms with Crippen molar-refractivity contribution in [2.45, 2.75) is 13.0 Å². The number of nitrogens with zero attached hydrogens (tertiary/aromatic N) is 2. The summed E-state index contributed by atoms with van der Waals surface area (Å²) in [7, 11) is 3.15. The van der Waals surface area contributed by atoms with Crippen molar-refractivity contribution in [1.82, 2.24) is 4.90 Å². The minimum atomic E-state index is -0.949. The summed E-state index contributed by atoms with van der Waals surface area (Å²) in [6.07, 6.45) is 0.118. The van der Waals surface area contributed by atoms with Gasteiger partial charge in [0.15, 0.2) is 11.6 Å². The van der Waals surface area contributed by atoms with E-state index in [2.05, 4.69) is 0 Å². The van der Waals surface area contributed by atoms with Gasteiger partial charge < -0.3 is 14.5 Å². The number of hydrogen-bond donors (Lipinski definition) is 0. The summed E-state index contributed by atoms with van der Waals surface area (Å²) in [4.78, 5) is 28.0. The standard InChI is InChI=1S/C20H20F2N2O3/c1-23(11-13-3-8-17(21)18(22)9-13)20(26)14-10-19(25)24(12-14)15-4-6-16(27-2)7-5-15/h3-9,14H,10-12H2,1-2H3. The van der Waals surface area contributed by atoms with Gasteiger partial charge in [-0.15, -0.1) is 0 Å². The van der Waals surface area contributed by atoms with Gasteiger partial charge >= 0.3 is 0 Å². The number of benzene rings is 2. The smallest absolute Gasteiger partial charge is 0.228 e. The van der Waals surface area contributed by atoms with Gasteiger partial charge in [0.05, 0.1) is 13.0 Å². The molecule has 0 N–H and O–H groups in total. The molecule has 1 fully saturated rings. The molecule has 142 valence electrons. The number of ether oxygens (including phenoxy) is 1. The van der Waals surface area contributed by atoms with Gasteiger partial charge in [-0.3, -0.25) is 9.59 Å². The van der Waals surface area contributed by atoms with E-state index in [1.54, 1.807) is 43.3 Å². The maximum atomic E-state index is 13.3. The molecular weight excluding hydrogens is 354 g/mol. The molecule has 0 spiro atoms. The quantitative estimate of drug-likeness (QED) is 0.809. The molecule has 0 saturated carbocycles. The molecule has 1 unspecified atom stereocenters. The van der Waals surface area contributed by atoms with Gasteiger partial charge in [0.25, 0.3) is 0 Å². The van der Waals surface area contributed by atoms with E-state index in [0.717, 1.165) is 12.1 Å². The third-order valence-corrected chi connectivity index (χ3v) is 4.64. The van der Waals surface area contributed by atoms with Crippen molar-refractivity contribution < 1.29 is 23.1 Å². The average Bonchev–Trinajstić information content (AvgIpc) is 3.05. The van der Waals surface area contributed by atoms with Crippen LogP contribution in [0.15, 0.2) is 42.5 Å². The number of hydrogen-bond acceptors (Lipinski definition) is 3. The van der Waals surface area contributed by atoms with Crippen LogP contribution in [0.2, 0.25) is 0 Å². The number of carbonyl (C=O) groups excluding carboxylic acids is 2. The highest BCUT2D eigenvalue weighted by molar-refractivity contribution is 6.00. The molecule has 1 heterocycles. The van der Waals surface area contributed by atoms with Crippen LogP contribution in [0.3, 0.4) is 0 Å². The first kappa shape index (κ1) is 18.8. The zero-order chi connectivity index (χ0) is 19.6. The molecule has 1 aliphatic rings. The Morgan fingerprint density at radius 3 is 2.52 bits per heavy atom. The van der Waals surface area contributed by atoms with Crippen molar-refractivity contribution in [2.75, 3.05) is 25.6 Å². The normalized spacial score (nSPS) is 16.5. The zero-order valence-electron chi connectivity index (χ0n) is 15.1. The maximum absolute atomic E-state index is 13.3. The zero-order valence-corrected chi connectivity index (χ0v) is 15.1. The SMILES string of the molecule is COc1ccc(N2CC(C(=O)N(C)Cc3ccc(F)c(F)c3)CC2=O)cc1. The number of halogens is 2. The average molecular weight is 374 g/mol. The Morgan fingerprint density at radius 2 is 1.89 bits per heavy atom. The molecule has 7 heteroatoms. The van der Waals surface area contributed by atoms with E-state index in [-0.39, 0.29) is 31.3 Å². The summed E-state index contributed by atoms with van der Waals surface area (Å²) in [5, 5.41) is 0. The number of amides is 2. The van der Waals surface area contributed by atoms with Crippen LogP contribution < -0.4 is 9.64 Å². The lowest BCUT2D eigenvalue weighted by atomic mass is 10.1. The fourth-order valence-electron chi connectivity index (χ4n) is 3.19. The number of carbonyl (C=O) groups is 2. The Bertz CT molecular complexity index is 855. The highest BCUT2D eigenvalue weighted by Gasteiger charge is 2.36. The Morgan fingerprint density at radius 1 is 1.19 bits per heavy atom. The number of anilines is 1. The fraction of sp³-hybridized carbons (Fsp3) is 0.300. The van der Waals surface area contributed by atoms with Gasteiger partial charge in [-0.2, -0.15) is 0 Å². The molecule has 2 aromatic carbocycles. The molecule has 1 saturated heterocycles. The van der Waals surface area contributed by atoms with Crippen molar-refractivity contribution in [3.63, 3.8) is 0 Å². The molecule has 0 radical (unpaired) electrons. The molecule has 2 aromatic rings. The Kier molecular flexibility index (Phi) is 5.39. The van der Waals surface area contributed by atoms with Crippen LogP contribution >= 0.6 is 0 Å². The third-order valence-electron chi connectivity index (χ3n) is 4.64. The van der Waals surface area contributed by atoms with Crippen LogP contribution in [-0.4, -0.2) is 37.4 Å². The largest absolute Gasteiger partial charge is 0.497 e. The van der Waals surface area contributed by atoms with Gasteiger partial charge in [-0.1, -0.05) is 6.07 Å². The molecule has 1 aliphatic heterocycles. The van der Waals surface area contributed by atoms with Crippen LogP contribution in [0.5, 0.6) is 5.75 Å². The minimum absolute atomic E-state index is 0.118. The molecule has 1 atom stereocenters. The van der Waals surface area contributed by atoms with E-state index < -0.39 is 17.6 Å². The summed E-state index contributed by atoms with van der Waals surface area (Å²) < 4.78 is 31.5. The Balaban J connectivity index is 1.66. The topological polar surface area (TPSA) is 49.9 Å². The predicted molar refractivity (Wildman–Crippen MR) is 96.3 cm³/mol. The highest BCUT2D eigenvalue weighted by Crippen LogP contribution is 2.28. The molecule has 3 rings (SSSR count). The van der Waals surface area contributed by atoms with Crippen molar-refractivity contribution in [2.24, 2.45) is 5.92 Å². The van der Waals surface area contributed by atoms with Crippen LogP contribution in [0.25, 0.3) is 0 Å². The van der Waals surface area contributed by atoms with Crippen molar-refractivity contribution in [3.05, 3.63) is 59.7 Å². The summed E-state index contributed by atoms with van der Waals surface area (Å²) >= 11 is 0. The van der Waals surface area contributed by atoms with E-state index in [1.165, 1.54) is 11.0 Å². The molecule has 27 heavy (non-hydrogen) atoms. The fourth-order valence-corrected chi connectivity index (χ4v) is 3.19. The summed E-state index contributed by atoms with van der Waals surface area (Å²) in [5.41, 5.74) is 1.19. The maximum Gasteiger partial charge on any atom is 0.228 e. The van der Waals surface area contributed by atoms with E-state index in [0.29, 0.717) is 17.0 Å². The van der Waals surface area contributed by atoms with Gasteiger partial charge in [0.2, 0.25) is 11.8 Å². The minimum Gasteiger partial charge on any atom is -0.497 e. The van der Waals surface area contributed by atoms with Crippen LogP contribution in [0.1, 0.15) is 12.0 Å². The third kappa shape index (κ3) is 4.07. The first-order valence-electron chi connectivity index (χ1n) is 8.52. The second kappa shape index (κ2) is 7.73. The van der Waals surface area contributed by atoms with E-state index in [9.17, 15) is 18.4 Å². The molecule has 0 aromatic heterocycles. The molecule has 0 bridgehead atoms. The Labute approximate surface area is 156 Å². The molecule has 2 amide bonds. The summed E-state index contributed by atoms with van der Waals surface area (Å²) in [6.45, 7) is 0.426. The second-order valence-electron chi connectivity index (χ2n) is 6.55. The first-order valence-corrected chi connectivity index (χ1v) is 8.52. The number of rotatable bonds is 5. The van der Waals surface area contributed by atoms with Crippen LogP contribution in [0, 0.1) is 17.6 Å². The van der Waals surface area contributed by atoms with Crippen molar-refractivity contribution in [1.29, 1.82) is 0 Å². The van der Waals surface area contributed by atoms with E-state index in [1.807, 2.05) is 0 Å². The summed E-state index contributed by atoms with van der Waals surface area (Å²) in [5.74, 6) is -2.00. The lowest BCUT2D eigenvalue weighted by Gasteiger charge is -2.22.